The Bertz CT molecular complexity index is 468. The van der Waals surface area contributed by atoms with Gasteiger partial charge in [-0.15, -0.1) is 0 Å². The van der Waals surface area contributed by atoms with E-state index in [0.717, 1.165) is 17.0 Å². The van der Waals surface area contributed by atoms with E-state index >= 15 is 0 Å². The summed E-state index contributed by atoms with van der Waals surface area (Å²) in [6.07, 6.45) is 0.0454. The smallest absolute Gasteiger partial charge is 0.162 e. The molecule has 0 fully saturated rings. The van der Waals surface area contributed by atoms with Gasteiger partial charge in [-0.1, -0.05) is 35.5 Å². The van der Waals surface area contributed by atoms with Gasteiger partial charge < -0.3 is 14.6 Å². The van der Waals surface area contributed by atoms with Crippen molar-refractivity contribution >= 4 is 0 Å². The molecule has 1 aromatic carbocycles. The van der Waals surface area contributed by atoms with Crippen LogP contribution in [0.3, 0.4) is 0 Å². The zero-order valence-electron chi connectivity index (χ0n) is 10.7. The second kappa shape index (κ2) is 6.33. The van der Waals surface area contributed by atoms with Crippen LogP contribution in [-0.4, -0.2) is 12.2 Å². The fourth-order valence-electron chi connectivity index (χ4n) is 1.72. The molecule has 4 nitrogen and oxygen atoms in total. The van der Waals surface area contributed by atoms with Crippen LogP contribution >= 0.6 is 0 Å². The van der Waals surface area contributed by atoms with E-state index in [4.69, 9.17) is 9.26 Å². The van der Waals surface area contributed by atoms with Crippen LogP contribution in [-0.2, 0) is 17.9 Å². The Labute approximate surface area is 107 Å². The molecule has 4 heteroatoms. The molecule has 1 aromatic heterocycles. The van der Waals surface area contributed by atoms with E-state index in [1.807, 2.05) is 38.2 Å². The Morgan fingerprint density at radius 1 is 1.33 bits per heavy atom. The van der Waals surface area contributed by atoms with Crippen LogP contribution in [0.2, 0.25) is 0 Å². The van der Waals surface area contributed by atoms with Crippen LogP contribution in [0.1, 0.15) is 30.0 Å². The van der Waals surface area contributed by atoms with Crippen molar-refractivity contribution in [3.63, 3.8) is 0 Å². The van der Waals surface area contributed by atoms with Crippen molar-refractivity contribution in [1.29, 1.82) is 0 Å². The first kappa shape index (κ1) is 12.8. The first-order valence-electron chi connectivity index (χ1n) is 6.05. The molecule has 1 unspecified atom stereocenters. The average molecular weight is 246 g/mol. The van der Waals surface area contributed by atoms with Crippen LogP contribution in [0, 0.1) is 0 Å². The summed E-state index contributed by atoms with van der Waals surface area (Å²) in [5.41, 5.74) is 2.05. The summed E-state index contributed by atoms with van der Waals surface area (Å²) < 4.78 is 10.9. The van der Waals surface area contributed by atoms with Gasteiger partial charge in [-0.05, 0) is 19.5 Å². The minimum Gasteiger partial charge on any atom is -0.366 e. The molecular formula is C14H18N2O2. The predicted molar refractivity (Wildman–Crippen MR) is 68.9 cm³/mol. The number of rotatable bonds is 6. The molecule has 0 radical (unpaired) electrons. The largest absolute Gasteiger partial charge is 0.366 e. The molecule has 1 heterocycles. The molecule has 0 bridgehead atoms. The molecule has 2 aromatic rings. The maximum absolute atomic E-state index is 5.75. The lowest BCUT2D eigenvalue weighted by molar-refractivity contribution is 0.0390. The Balaban J connectivity index is 1.87. The number of benzene rings is 1. The fraction of sp³-hybridized carbons (Fsp3) is 0.357. The van der Waals surface area contributed by atoms with Gasteiger partial charge in [0.15, 0.2) is 5.76 Å². The molecule has 2 rings (SSSR count). The van der Waals surface area contributed by atoms with Gasteiger partial charge in [0, 0.05) is 12.6 Å². The van der Waals surface area contributed by atoms with Crippen molar-refractivity contribution in [3.8, 4) is 0 Å². The Morgan fingerprint density at radius 2 is 2.11 bits per heavy atom. The second-order valence-corrected chi connectivity index (χ2v) is 4.18. The van der Waals surface area contributed by atoms with Crippen LogP contribution in [0.15, 0.2) is 40.9 Å². The van der Waals surface area contributed by atoms with Gasteiger partial charge in [0.2, 0.25) is 0 Å². The lowest BCUT2D eigenvalue weighted by atomic mass is 10.1. The summed E-state index contributed by atoms with van der Waals surface area (Å²) >= 11 is 0. The molecule has 0 aliphatic carbocycles. The van der Waals surface area contributed by atoms with Crippen molar-refractivity contribution in [2.24, 2.45) is 0 Å². The lowest BCUT2D eigenvalue weighted by Crippen LogP contribution is -2.04. The minimum absolute atomic E-state index is 0.0454. The highest BCUT2D eigenvalue weighted by molar-refractivity contribution is 5.16. The van der Waals surface area contributed by atoms with Crippen molar-refractivity contribution in [3.05, 3.63) is 53.4 Å². The van der Waals surface area contributed by atoms with Crippen molar-refractivity contribution in [2.45, 2.75) is 26.2 Å². The van der Waals surface area contributed by atoms with E-state index in [-0.39, 0.29) is 6.10 Å². The maximum Gasteiger partial charge on any atom is 0.162 e. The van der Waals surface area contributed by atoms with Crippen LogP contribution in [0.5, 0.6) is 0 Å². The van der Waals surface area contributed by atoms with E-state index in [2.05, 4.69) is 22.6 Å². The number of ether oxygens (including phenoxy) is 1. The SMILES string of the molecule is CNCc1cc(COC(C)c2ccccc2)on1. The van der Waals surface area contributed by atoms with E-state index in [1.165, 1.54) is 0 Å². The third kappa shape index (κ3) is 3.42. The Morgan fingerprint density at radius 3 is 2.83 bits per heavy atom. The summed E-state index contributed by atoms with van der Waals surface area (Å²) in [6.45, 7) is 3.17. The van der Waals surface area contributed by atoms with Crippen molar-refractivity contribution < 1.29 is 9.26 Å². The fourth-order valence-corrected chi connectivity index (χ4v) is 1.72. The number of nitrogens with one attached hydrogen (secondary N) is 1. The molecule has 18 heavy (non-hydrogen) atoms. The normalized spacial score (nSPS) is 12.6. The lowest BCUT2D eigenvalue weighted by Gasteiger charge is -2.11. The summed E-state index contributed by atoms with van der Waals surface area (Å²) in [7, 11) is 1.88. The zero-order valence-corrected chi connectivity index (χ0v) is 10.7. The van der Waals surface area contributed by atoms with Gasteiger partial charge in [0.1, 0.15) is 6.61 Å². The monoisotopic (exact) mass is 246 g/mol. The Kier molecular flexibility index (Phi) is 4.50. The maximum atomic E-state index is 5.75. The standard InChI is InChI=1S/C14H18N2O2/c1-11(12-6-4-3-5-7-12)17-10-14-8-13(9-15-2)16-18-14/h3-8,11,15H,9-10H2,1-2H3. The van der Waals surface area contributed by atoms with E-state index in [9.17, 15) is 0 Å². The van der Waals surface area contributed by atoms with Gasteiger partial charge in [-0.2, -0.15) is 0 Å². The molecule has 96 valence electrons. The highest BCUT2D eigenvalue weighted by atomic mass is 16.5. The summed E-state index contributed by atoms with van der Waals surface area (Å²) in [4.78, 5) is 0. The van der Waals surface area contributed by atoms with Crippen LogP contribution in [0.25, 0.3) is 0 Å². The summed E-state index contributed by atoms with van der Waals surface area (Å²) in [6, 6.07) is 12.0. The molecular weight excluding hydrogens is 228 g/mol. The van der Waals surface area contributed by atoms with Gasteiger partial charge in [-0.3, -0.25) is 0 Å². The first-order chi connectivity index (χ1) is 8.79. The predicted octanol–water partition coefficient (Wildman–Crippen LogP) is 2.67. The molecule has 0 saturated carbocycles. The molecule has 0 amide bonds. The molecule has 0 saturated heterocycles. The quantitative estimate of drug-likeness (QED) is 0.851. The average Bonchev–Trinajstić information content (AvgIpc) is 2.85. The third-order valence-electron chi connectivity index (χ3n) is 2.71. The van der Waals surface area contributed by atoms with Crippen molar-refractivity contribution in [1.82, 2.24) is 10.5 Å². The van der Waals surface area contributed by atoms with E-state index < -0.39 is 0 Å². The van der Waals surface area contributed by atoms with Gasteiger partial charge in [-0.25, -0.2) is 0 Å². The number of hydrogen-bond acceptors (Lipinski definition) is 4. The Hall–Kier alpha value is -1.65. The number of hydrogen-bond donors (Lipinski definition) is 1. The molecule has 1 atom stereocenters. The highest BCUT2D eigenvalue weighted by Gasteiger charge is 2.08. The topological polar surface area (TPSA) is 47.3 Å². The number of nitrogens with zero attached hydrogens (tertiary/aromatic N) is 1. The summed E-state index contributed by atoms with van der Waals surface area (Å²) in [5, 5.41) is 6.96. The van der Waals surface area contributed by atoms with E-state index in [0.29, 0.717) is 13.2 Å². The minimum atomic E-state index is 0.0454. The summed E-state index contributed by atoms with van der Waals surface area (Å²) in [5.74, 6) is 0.753. The third-order valence-corrected chi connectivity index (χ3v) is 2.71. The zero-order chi connectivity index (χ0) is 12.8. The van der Waals surface area contributed by atoms with Gasteiger partial charge in [0.25, 0.3) is 0 Å². The molecule has 0 spiro atoms. The van der Waals surface area contributed by atoms with Crippen molar-refractivity contribution in [2.75, 3.05) is 7.05 Å². The molecule has 0 aliphatic rings. The van der Waals surface area contributed by atoms with Gasteiger partial charge in [0.05, 0.1) is 11.8 Å². The van der Waals surface area contributed by atoms with Gasteiger partial charge >= 0.3 is 0 Å². The van der Waals surface area contributed by atoms with Crippen LogP contribution < -0.4 is 5.32 Å². The van der Waals surface area contributed by atoms with Crippen LogP contribution in [0.4, 0.5) is 0 Å². The van der Waals surface area contributed by atoms with E-state index in [1.54, 1.807) is 0 Å². The number of aromatic nitrogens is 1. The highest BCUT2D eigenvalue weighted by Crippen LogP contribution is 2.18. The first-order valence-corrected chi connectivity index (χ1v) is 6.05. The second-order valence-electron chi connectivity index (χ2n) is 4.18. The molecule has 0 aliphatic heterocycles. The molecule has 1 N–H and O–H groups in total.